The number of fused-ring (bicyclic) bond motifs is 3. The van der Waals surface area contributed by atoms with Gasteiger partial charge < -0.3 is 10.2 Å². The van der Waals surface area contributed by atoms with Crippen LogP contribution >= 0.6 is 0 Å². The van der Waals surface area contributed by atoms with Crippen molar-refractivity contribution in [1.29, 1.82) is 0 Å². The first kappa shape index (κ1) is 19.6. The van der Waals surface area contributed by atoms with Crippen LogP contribution in [0.25, 0.3) is 0 Å². The second-order valence-corrected chi connectivity index (χ2v) is 9.22. The van der Waals surface area contributed by atoms with Crippen LogP contribution in [0.4, 0.5) is 5.69 Å². The summed E-state index contributed by atoms with van der Waals surface area (Å²) in [7, 11) is -3.79. The van der Waals surface area contributed by atoms with E-state index in [1.807, 2.05) is 42.2 Å². The molecule has 7 heteroatoms. The van der Waals surface area contributed by atoms with E-state index in [4.69, 9.17) is 0 Å². The standard InChI is InChI=1S/C22H25N3O3S/c1-16(17-8-4-2-5-9-17)15-23-22(26)18-11-12-19-20(14-18)29(27,28)24-21-10-6-3-7-13-25(19)21/h2,4-5,8-9,11-12,14,16H,3,6-7,10,13,15H2,1H3,(H,23,26)/t16-/m1/s1. The molecule has 2 aliphatic heterocycles. The smallest absolute Gasteiger partial charge is 0.286 e. The van der Waals surface area contributed by atoms with Crippen LogP contribution in [-0.4, -0.2) is 33.3 Å². The van der Waals surface area contributed by atoms with Crippen LogP contribution < -0.4 is 10.2 Å². The van der Waals surface area contributed by atoms with E-state index in [1.54, 1.807) is 12.1 Å². The molecule has 152 valence electrons. The number of hydrogen-bond acceptors (Lipinski definition) is 4. The second-order valence-electron chi connectivity index (χ2n) is 7.65. The lowest BCUT2D eigenvalue weighted by Crippen LogP contribution is -2.35. The third-order valence-electron chi connectivity index (χ3n) is 5.55. The molecule has 0 spiro atoms. The molecule has 2 aromatic rings. The van der Waals surface area contributed by atoms with Crippen LogP contribution in [0.1, 0.15) is 54.4 Å². The first-order chi connectivity index (χ1) is 14.0. The molecule has 0 saturated carbocycles. The minimum Gasteiger partial charge on any atom is -0.351 e. The van der Waals surface area contributed by atoms with Gasteiger partial charge in [-0.2, -0.15) is 8.42 Å². The predicted molar refractivity (Wildman–Crippen MR) is 114 cm³/mol. The third kappa shape index (κ3) is 4.05. The van der Waals surface area contributed by atoms with E-state index >= 15 is 0 Å². The molecule has 2 aromatic carbocycles. The molecule has 0 aromatic heterocycles. The van der Waals surface area contributed by atoms with Crippen molar-refractivity contribution in [2.75, 3.05) is 18.0 Å². The summed E-state index contributed by atoms with van der Waals surface area (Å²) >= 11 is 0. The van der Waals surface area contributed by atoms with Gasteiger partial charge in [0.25, 0.3) is 15.9 Å². The van der Waals surface area contributed by atoms with E-state index in [0.29, 0.717) is 30.1 Å². The molecule has 0 aliphatic carbocycles. The summed E-state index contributed by atoms with van der Waals surface area (Å²) in [6, 6.07) is 14.9. The highest BCUT2D eigenvalue weighted by molar-refractivity contribution is 7.90. The molecule has 29 heavy (non-hydrogen) atoms. The van der Waals surface area contributed by atoms with Gasteiger partial charge in [-0.05, 0) is 42.5 Å². The maximum atomic E-state index is 12.7. The number of carbonyl (C=O) groups is 1. The van der Waals surface area contributed by atoms with E-state index in [9.17, 15) is 13.2 Å². The SMILES string of the molecule is C[C@H](CNC(=O)c1ccc2c(c1)S(=O)(=O)N=C1CCCCCN12)c1ccccc1. The highest BCUT2D eigenvalue weighted by Crippen LogP contribution is 2.35. The van der Waals surface area contributed by atoms with Crippen molar-refractivity contribution in [3.8, 4) is 0 Å². The minimum absolute atomic E-state index is 0.118. The lowest BCUT2D eigenvalue weighted by Gasteiger charge is -2.29. The van der Waals surface area contributed by atoms with Gasteiger partial charge in [-0.1, -0.05) is 43.7 Å². The zero-order chi connectivity index (χ0) is 20.4. The number of carbonyl (C=O) groups excluding carboxylic acids is 1. The molecule has 0 bridgehead atoms. The number of anilines is 1. The number of rotatable bonds is 4. The van der Waals surface area contributed by atoms with Crippen LogP contribution in [-0.2, 0) is 10.0 Å². The summed E-state index contributed by atoms with van der Waals surface area (Å²) in [5, 5.41) is 2.91. The van der Waals surface area contributed by atoms with Gasteiger partial charge in [-0.15, -0.1) is 4.40 Å². The van der Waals surface area contributed by atoms with Gasteiger partial charge in [0, 0.05) is 25.1 Å². The Hall–Kier alpha value is -2.67. The number of benzene rings is 2. The Morgan fingerprint density at radius 3 is 2.72 bits per heavy atom. The Labute approximate surface area is 171 Å². The molecule has 1 amide bonds. The van der Waals surface area contributed by atoms with Crippen molar-refractivity contribution in [2.45, 2.75) is 43.4 Å². The topological polar surface area (TPSA) is 78.8 Å². The highest BCUT2D eigenvalue weighted by atomic mass is 32.2. The molecular formula is C22H25N3O3S. The fourth-order valence-electron chi connectivity index (χ4n) is 3.87. The highest BCUT2D eigenvalue weighted by Gasteiger charge is 2.32. The quantitative estimate of drug-likeness (QED) is 0.832. The molecule has 0 radical (unpaired) electrons. The minimum atomic E-state index is -3.79. The summed E-state index contributed by atoms with van der Waals surface area (Å²) in [5.74, 6) is 0.492. The molecule has 2 aliphatic rings. The van der Waals surface area contributed by atoms with E-state index in [1.165, 1.54) is 6.07 Å². The number of amides is 1. The van der Waals surface area contributed by atoms with Gasteiger partial charge >= 0.3 is 0 Å². The molecule has 1 N–H and O–H groups in total. The average molecular weight is 412 g/mol. The predicted octanol–water partition coefficient (Wildman–Crippen LogP) is 3.70. The first-order valence-corrected chi connectivity index (χ1v) is 11.5. The average Bonchev–Trinajstić information content (AvgIpc) is 2.97. The van der Waals surface area contributed by atoms with Crippen LogP contribution in [0.15, 0.2) is 57.8 Å². The first-order valence-electron chi connectivity index (χ1n) is 10.0. The lowest BCUT2D eigenvalue weighted by molar-refractivity contribution is 0.0951. The van der Waals surface area contributed by atoms with E-state index in [2.05, 4.69) is 9.71 Å². The van der Waals surface area contributed by atoms with Crippen molar-refractivity contribution in [3.05, 3.63) is 59.7 Å². The molecule has 2 heterocycles. The van der Waals surface area contributed by atoms with Gasteiger partial charge in [0.15, 0.2) is 0 Å². The van der Waals surface area contributed by atoms with Gasteiger partial charge in [0.1, 0.15) is 10.7 Å². The zero-order valence-electron chi connectivity index (χ0n) is 16.5. The summed E-state index contributed by atoms with van der Waals surface area (Å²) in [4.78, 5) is 14.8. The normalized spacial score (nSPS) is 18.7. The maximum absolute atomic E-state index is 12.7. The summed E-state index contributed by atoms with van der Waals surface area (Å²) < 4.78 is 29.5. The molecule has 4 rings (SSSR count). The monoisotopic (exact) mass is 411 g/mol. The van der Waals surface area contributed by atoms with E-state index in [-0.39, 0.29) is 16.7 Å². The van der Waals surface area contributed by atoms with E-state index < -0.39 is 10.0 Å². The Bertz CT molecular complexity index is 1050. The second kappa shape index (κ2) is 7.99. The molecule has 1 atom stereocenters. The molecular weight excluding hydrogens is 386 g/mol. The van der Waals surface area contributed by atoms with Crippen molar-refractivity contribution in [2.24, 2.45) is 4.40 Å². The number of sulfonamides is 1. The molecule has 1 saturated heterocycles. The van der Waals surface area contributed by atoms with Crippen LogP contribution in [0.5, 0.6) is 0 Å². The molecule has 1 fully saturated rings. The number of hydrogen-bond donors (Lipinski definition) is 1. The Balaban J connectivity index is 1.55. The maximum Gasteiger partial charge on any atom is 0.286 e. The van der Waals surface area contributed by atoms with E-state index in [0.717, 1.165) is 31.4 Å². The largest absolute Gasteiger partial charge is 0.351 e. The van der Waals surface area contributed by atoms with Crippen LogP contribution in [0, 0.1) is 0 Å². The number of amidine groups is 1. The Morgan fingerprint density at radius 2 is 1.93 bits per heavy atom. The Kier molecular flexibility index (Phi) is 5.41. The van der Waals surface area contributed by atoms with Crippen molar-refractivity contribution in [3.63, 3.8) is 0 Å². The van der Waals surface area contributed by atoms with Crippen molar-refractivity contribution in [1.82, 2.24) is 5.32 Å². The fourth-order valence-corrected chi connectivity index (χ4v) is 5.15. The van der Waals surface area contributed by atoms with Gasteiger partial charge in [-0.25, -0.2) is 0 Å². The summed E-state index contributed by atoms with van der Waals surface area (Å²) in [6.45, 7) is 3.27. The summed E-state index contributed by atoms with van der Waals surface area (Å²) in [5.41, 5.74) is 2.11. The zero-order valence-corrected chi connectivity index (χ0v) is 17.3. The number of nitrogens with zero attached hydrogens (tertiary/aromatic N) is 2. The van der Waals surface area contributed by atoms with Gasteiger partial charge in [-0.3, -0.25) is 4.79 Å². The fraction of sp³-hybridized carbons (Fsp3) is 0.364. The Morgan fingerprint density at radius 1 is 1.14 bits per heavy atom. The third-order valence-corrected chi connectivity index (χ3v) is 6.88. The molecule has 6 nitrogen and oxygen atoms in total. The number of nitrogens with one attached hydrogen (secondary N) is 1. The van der Waals surface area contributed by atoms with Gasteiger partial charge in [0.05, 0.1) is 5.69 Å². The van der Waals surface area contributed by atoms with Crippen LogP contribution in [0.2, 0.25) is 0 Å². The van der Waals surface area contributed by atoms with Crippen LogP contribution in [0.3, 0.4) is 0 Å². The summed E-state index contributed by atoms with van der Waals surface area (Å²) in [6.07, 6.45) is 3.67. The van der Waals surface area contributed by atoms with Crippen molar-refractivity contribution >= 4 is 27.5 Å². The molecule has 0 unspecified atom stereocenters. The lowest BCUT2D eigenvalue weighted by atomic mass is 10.0. The van der Waals surface area contributed by atoms with Gasteiger partial charge in [0.2, 0.25) is 0 Å². The van der Waals surface area contributed by atoms with Crippen molar-refractivity contribution < 1.29 is 13.2 Å².